The van der Waals surface area contributed by atoms with Crippen LogP contribution >= 0.6 is 15.9 Å². The van der Waals surface area contributed by atoms with Gasteiger partial charge in [-0.3, -0.25) is 9.36 Å². The Balaban J connectivity index is 1.28. The number of nitrogens with one attached hydrogen (secondary N) is 1. The minimum atomic E-state index is -0.0952. The topological polar surface area (TPSA) is 75.9 Å². The van der Waals surface area contributed by atoms with Gasteiger partial charge in [-0.2, -0.15) is 0 Å². The molecule has 0 radical (unpaired) electrons. The van der Waals surface area contributed by atoms with Crippen LogP contribution in [0.5, 0.6) is 0 Å². The highest BCUT2D eigenvalue weighted by atomic mass is 79.9. The van der Waals surface area contributed by atoms with Gasteiger partial charge in [0.05, 0.1) is 5.92 Å². The Morgan fingerprint density at radius 1 is 0.970 bits per heavy atom. The Bertz CT molecular complexity index is 1220. The van der Waals surface area contributed by atoms with E-state index in [9.17, 15) is 4.79 Å². The van der Waals surface area contributed by atoms with E-state index < -0.39 is 0 Å². The molecule has 166 valence electrons. The quantitative estimate of drug-likeness (QED) is 0.417. The first-order chi connectivity index (χ1) is 16.2. The van der Waals surface area contributed by atoms with Crippen molar-refractivity contribution in [1.29, 1.82) is 0 Å². The Kier molecular flexibility index (Phi) is 6.17. The standard InChI is InChI=1S/C25H23BrN6O/c26-20-8-10-21(11-9-20)28-25(33)19-7-4-15-31(17-19)22-12-13-23(30-29-22)32-16-14-27-24(32)18-5-2-1-3-6-18/h1-3,5-6,8-14,16,19H,4,7,15,17H2,(H,28,33). The van der Waals surface area contributed by atoms with E-state index in [2.05, 4.69) is 41.3 Å². The summed E-state index contributed by atoms with van der Waals surface area (Å²) in [5, 5.41) is 12.0. The first-order valence-corrected chi connectivity index (χ1v) is 11.7. The molecule has 2 aromatic carbocycles. The third kappa shape index (κ3) is 4.80. The maximum Gasteiger partial charge on any atom is 0.229 e. The van der Waals surface area contributed by atoms with Crippen molar-refractivity contribution < 1.29 is 4.79 Å². The molecule has 1 N–H and O–H groups in total. The third-order valence-corrected chi connectivity index (χ3v) is 6.31. The second-order valence-electron chi connectivity index (χ2n) is 8.02. The monoisotopic (exact) mass is 502 g/mol. The van der Waals surface area contributed by atoms with Crippen molar-refractivity contribution in [2.24, 2.45) is 5.92 Å². The molecular formula is C25H23BrN6O. The van der Waals surface area contributed by atoms with Crippen LogP contribution in [0, 0.1) is 5.92 Å². The molecule has 8 heteroatoms. The molecule has 0 bridgehead atoms. The molecule has 1 unspecified atom stereocenters. The van der Waals surface area contributed by atoms with Crippen LogP contribution in [0.3, 0.4) is 0 Å². The van der Waals surface area contributed by atoms with Crippen LogP contribution < -0.4 is 10.2 Å². The Morgan fingerprint density at radius 2 is 1.73 bits per heavy atom. The molecule has 7 nitrogen and oxygen atoms in total. The maximum absolute atomic E-state index is 12.8. The zero-order chi connectivity index (χ0) is 22.6. The summed E-state index contributed by atoms with van der Waals surface area (Å²) in [7, 11) is 0. The molecule has 2 aromatic heterocycles. The Morgan fingerprint density at radius 3 is 2.48 bits per heavy atom. The number of halogens is 1. The summed E-state index contributed by atoms with van der Waals surface area (Å²) in [6, 6.07) is 21.5. The van der Waals surface area contributed by atoms with E-state index >= 15 is 0 Å². The van der Waals surface area contributed by atoms with Gasteiger partial charge in [0.1, 0.15) is 5.82 Å². The predicted octanol–water partition coefficient (Wildman–Crippen LogP) is 4.95. The summed E-state index contributed by atoms with van der Waals surface area (Å²) >= 11 is 3.42. The van der Waals surface area contributed by atoms with Crippen molar-refractivity contribution in [2.75, 3.05) is 23.3 Å². The number of amides is 1. The van der Waals surface area contributed by atoms with E-state index in [4.69, 9.17) is 0 Å². The molecular weight excluding hydrogens is 480 g/mol. The summed E-state index contributed by atoms with van der Waals surface area (Å²) in [4.78, 5) is 19.4. The maximum atomic E-state index is 12.8. The molecule has 1 amide bonds. The number of carbonyl (C=O) groups is 1. The van der Waals surface area contributed by atoms with E-state index in [1.807, 2.05) is 77.5 Å². The number of piperidine rings is 1. The van der Waals surface area contributed by atoms with Crippen molar-refractivity contribution in [3.63, 3.8) is 0 Å². The van der Waals surface area contributed by atoms with Gasteiger partial charge in [-0.1, -0.05) is 46.3 Å². The fourth-order valence-corrected chi connectivity index (χ4v) is 4.35. The van der Waals surface area contributed by atoms with Gasteiger partial charge in [0.25, 0.3) is 0 Å². The van der Waals surface area contributed by atoms with E-state index in [1.165, 1.54) is 0 Å². The molecule has 0 spiro atoms. The molecule has 1 aliphatic heterocycles. The van der Waals surface area contributed by atoms with Gasteiger partial charge < -0.3 is 10.2 Å². The Labute approximate surface area is 200 Å². The van der Waals surface area contributed by atoms with Gasteiger partial charge in [-0.05, 0) is 49.2 Å². The molecule has 1 saturated heterocycles. The molecule has 1 atom stereocenters. The van der Waals surface area contributed by atoms with Crippen molar-refractivity contribution in [3.8, 4) is 17.2 Å². The average molecular weight is 503 g/mol. The molecule has 1 fully saturated rings. The van der Waals surface area contributed by atoms with Crippen LogP contribution in [-0.4, -0.2) is 38.7 Å². The lowest BCUT2D eigenvalue weighted by Crippen LogP contribution is -2.41. The first-order valence-electron chi connectivity index (χ1n) is 10.9. The van der Waals surface area contributed by atoms with Crippen LogP contribution in [0.2, 0.25) is 0 Å². The van der Waals surface area contributed by atoms with Gasteiger partial charge in [0.2, 0.25) is 5.91 Å². The SMILES string of the molecule is O=C(Nc1ccc(Br)cc1)C1CCCN(c2ccc(-n3ccnc3-c3ccccc3)nn2)C1. The van der Waals surface area contributed by atoms with Gasteiger partial charge in [0, 0.05) is 41.2 Å². The van der Waals surface area contributed by atoms with Crippen LogP contribution in [-0.2, 0) is 4.79 Å². The molecule has 4 aromatic rings. The van der Waals surface area contributed by atoms with Crippen LogP contribution in [0.15, 0.2) is 83.6 Å². The second kappa shape index (κ2) is 9.54. The lowest BCUT2D eigenvalue weighted by Gasteiger charge is -2.32. The van der Waals surface area contributed by atoms with Crippen molar-refractivity contribution >= 4 is 33.3 Å². The second-order valence-corrected chi connectivity index (χ2v) is 8.93. The van der Waals surface area contributed by atoms with Gasteiger partial charge in [-0.15, -0.1) is 10.2 Å². The first kappa shape index (κ1) is 21.3. The average Bonchev–Trinajstić information content (AvgIpc) is 3.36. The smallest absolute Gasteiger partial charge is 0.229 e. The van der Waals surface area contributed by atoms with E-state index in [0.29, 0.717) is 12.4 Å². The summed E-state index contributed by atoms with van der Waals surface area (Å²) < 4.78 is 2.91. The van der Waals surface area contributed by atoms with Gasteiger partial charge in [-0.25, -0.2) is 4.98 Å². The fraction of sp³-hybridized carbons (Fsp3) is 0.200. The van der Waals surface area contributed by atoms with Gasteiger partial charge in [0.15, 0.2) is 11.6 Å². The number of anilines is 2. The predicted molar refractivity (Wildman–Crippen MR) is 132 cm³/mol. The van der Waals surface area contributed by atoms with E-state index in [1.54, 1.807) is 6.20 Å². The summed E-state index contributed by atoms with van der Waals surface area (Å²) in [5.41, 5.74) is 1.82. The minimum absolute atomic E-state index is 0.0394. The van der Waals surface area contributed by atoms with Crippen LogP contribution in [0.25, 0.3) is 17.2 Å². The zero-order valence-electron chi connectivity index (χ0n) is 17.9. The van der Waals surface area contributed by atoms with Crippen LogP contribution in [0.4, 0.5) is 11.5 Å². The third-order valence-electron chi connectivity index (χ3n) is 5.78. The number of aromatic nitrogens is 4. The minimum Gasteiger partial charge on any atom is -0.354 e. The van der Waals surface area contributed by atoms with Crippen LogP contribution in [0.1, 0.15) is 12.8 Å². The highest BCUT2D eigenvalue weighted by Gasteiger charge is 2.27. The van der Waals surface area contributed by atoms with Crippen molar-refractivity contribution in [2.45, 2.75) is 12.8 Å². The number of nitrogens with zero attached hydrogens (tertiary/aromatic N) is 5. The van der Waals surface area contributed by atoms with E-state index in [-0.39, 0.29) is 11.8 Å². The highest BCUT2D eigenvalue weighted by molar-refractivity contribution is 9.10. The highest BCUT2D eigenvalue weighted by Crippen LogP contribution is 2.25. The molecule has 1 aliphatic rings. The van der Waals surface area contributed by atoms with Gasteiger partial charge >= 0.3 is 0 Å². The number of rotatable bonds is 5. The molecule has 3 heterocycles. The van der Waals surface area contributed by atoms with Crippen molar-refractivity contribution in [3.05, 3.63) is 83.6 Å². The zero-order valence-corrected chi connectivity index (χ0v) is 19.5. The number of carbonyl (C=O) groups excluding carboxylic acids is 1. The molecule has 0 aliphatic carbocycles. The molecule has 33 heavy (non-hydrogen) atoms. The lowest BCUT2D eigenvalue weighted by molar-refractivity contribution is -0.120. The summed E-state index contributed by atoms with van der Waals surface area (Å²) in [5.74, 6) is 2.25. The summed E-state index contributed by atoms with van der Waals surface area (Å²) in [6.45, 7) is 1.48. The number of imidazole rings is 1. The largest absolute Gasteiger partial charge is 0.354 e. The lowest BCUT2D eigenvalue weighted by atomic mass is 9.97. The van der Waals surface area contributed by atoms with E-state index in [0.717, 1.165) is 46.8 Å². The molecule has 0 saturated carbocycles. The normalized spacial score (nSPS) is 15.9. The Hall–Kier alpha value is -3.52. The molecule has 5 rings (SSSR count). The number of hydrogen-bond donors (Lipinski definition) is 1. The fourth-order valence-electron chi connectivity index (χ4n) is 4.08. The van der Waals surface area contributed by atoms with Crippen molar-refractivity contribution in [1.82, 2.24) is 19.7 Å². The summed E-state index contributed by atoms with van der Waals surface area (Å²) in [6.07, 6.45) is 5.44. The number of benzene rings is 2. The number of hydrogen-bond acceptors (Lipinski definition) is 5.